The lowest BCUT2D eigenvalue weighted by Gasteiger charge is -2.09. The highest BCUT2D eigenvalue weighted by Crippen LogP contribution is 2.09. The minimum Gasteiger partial charge on any atom is -0.464 e. The van der Waals surface area contributed by atoms with E-state index in [1.54, 1.807) is 0 Å². The Morgan fingerprint density at radius 2 is 2.05 bits per heavy atom. The number of carbonyl (C=O) groups is 2. The summed E-state index contributed by atoms with van der Waals surface area (Å²) < 4.78 is 5.15. The van der Waals surface area contributed by atoms with Crippen molar-refractivity contribution in [3.05, 3.63) is 12.2 Å². The molecule has 108 valence electrons. The van der Waals surface area contributed by atoms with Crippen molar-refractivity contribution in [2.24, 2.45) is 0 Å². The standard InChI is InChI=1S/C15H25NO3/c1-2-3-4-5-6-7-8-9-12-19-15(18)13-10-11-14(17)16-13/h2-3,13H,4-12H2,1H3,(H,16,17)/b3-2+/t13-/m0/s1. The second kappa shape index (κ2) is 9.59. The van der Waals surface area contributed by atoms with E-state index in [0.717, 1.165) is 19.3 Å². The van der Waals surface area contributed by atoms with E-state index in [0.29, 0.717) is 19.4 Å². The van der Waals surface area contributed by atoms with Crippen molar-refractivity contribution in [2.45, 2.75) is 64.3 Å². The van der Waals surface area contributed by atoms with Gasteiger partial charge in [0.25, 0.3) is 0 Å². The Morgan fingerprint density at radius 1 is 1.32 bits per heavy atom. The van der Waals surface area contributed by atoms with E-state index in [4.69, 9.17) is 4.74 Å². The summed E-state index contributed by atoms with van der Waals surface area (Å²) in [5.74, 6) is -0.331. The van der Waals surface area contributed by atoms with E-state index in [-0.39, 0.29) is 11.9 Å². The fourth-order valence-electron chi connectivity index (χ4n) is 2.13. The quantitative estimate of drug-likeness (QED) is 0.397. The molecule has 1 fully saturated rings. The van der Waals surface area contributed by atoms with Gasteiger partial charge in [0, 0.05) is 6.42 Å². The van der Waals surface area contributed by atoms with Gasteiger partial charge >= 0.3 is 5.97 Å². The molecule has 0 aromatic heterocycles. The minimum absolute atomic E-state index is 0.0527. The van der Waals surface area contributed by atoms with Crippen molar-refractivity contribution < 1.29 is 14.3 Å². The van der Waals surface area contributed by atoms with Crippen molar-refractivity contribution in [3.63, 3.8) is 0 Å². The molecule has 4 heteroatoms. The topological polar surface area (TPSA) is 55.4 Å². The first-order chi connectivity index (χ1) is 9.24. The van der Waals surface area contributed by atoms with Gasteiger partial charge in [-0.1, -0.05) is 31.4 Å². The second-order valence-electron chi connectivity index (χ2n) is 4.95. The number of nitrogens with one attached hydrogen (secondary N) is 1. The highest BCUT2D eigenvalue weighted by molar-refractivity contribution is 5.87. The maximum atomic E-state index is 11.6. The molecular formula is C15H25NO3. The molecule has 1 aliphatic heterocycles. The third-order valence-electron chi connectivity index (χ3n) is 3.27. The summed E-state index contributed by atoms with van der Waals surface area (Å²) in [7, 11) is 0. The fraction of sp³-hybridized carbons (Fsp3) is 0.733. The van der Waals surface area contributed by atoms with Gasteiger partial charge in [-0.2, -0.15) is 0 Å². The van der Waals surface area contributed by atoms with Crippen LogP contribution in [-0.4, -0.2) is 24.5 Å². The Kier molecular flexibility index (Phi) is 7.94. The lowest BCUT2D eigenvalue weighted by atomic mass is 10.1. The molecule has 0 spiro atoms. The molecule has 1 aliphatic rings. The van der Waals surface area contributed by atoms with Crippen LogP contribution in [0.25, 0.3) is 0 Å². The zero-order chi connectivity index (χ0) is 13.9. The average molecular weight is 267 g/mol. The van der Waals surface area contributed by atoms with Crippen LogP contribution in [0.2, 0.25) is 0 Å². The molecule has 0 aliphatic carbocycles. The van der Waals surface area contributed by atoms with Crippen LogP contribution in [0.4, 0.5) is 0 Å². The average Bonchev–Trinajstić information content (AvgIpc) is 2.83. The van der Waals surface area contributed by atoms with E-state index in [1.807, 2.05) is 6.92 Å². The third kappa shape index (κ3) is 6.99. The van der Waals surface area contributed by atoms with Gasteiger partial charge in [-0.25, -0.2) is 4.79 Å². The van der Waals surface area contributed by atoms with Crippen LogP contribution in [-0.2, 0) is 14.3 Å². The number of hydrogen-bond donors (Lipinski definition) is 1. The fourth-order valence-corrected chi connectivity index (χ4v) is 2.13. The summed E-state index contributed by atoms with van der Waals surface area (Å²) in [6.45, 7) is 2.52. The summed E-state index contributed by atoms with van der Waals surface area (Å²) in [5.41, 5.74) is 0. The molecule has 0 bridgehead atoms. The predicted molar refractivity (Wildman–Crippen MR) is 74.6 cm³/mol. The van der Waals surface area contributed by atoms with Crippen LogP contribution >= 0.6 is 0 Å². The molecule has 0 unspecified atom stereocenters. The molecule has 0 aromatic carbocycles. The first-order valence-corrected chi connectivity index (χ1v) is 7.31. The lowest BCUT2D eigenvalue weighted by molar-refractivity contribution is -0.146. The molecule has 1 atom stereocenters. The largest absolute Gasteiger partial charge is 0.464 e. The van der Waals surface area contributed by atoms with Gasteiger partial charge < -0.3 is 10.1 Å². The van der Waals surface area contributed by atoms with E-state index >= 15 is 0 Å². The smallest absolute Gasteiger partial charge is 0.328 e. The SMILES string of the molecule is C/C=C/CCCCCCCOC(=O)[C@@H]1CCC(=O)N1. The van der Waals surface area contributed by atoms with Gasteiger partial charge in [-0.15, -0.1) is 0 Å². The molecule has 1 rings (SSSR count). The number of carbonyl (C=O) groups excluding carboxylic acids is 2. The molecule has 0 aromatic rings. The molecule has 1 amide bonds. The summed E-state index contributed by atoms with van der Waals surface area (Å²) in [6, 6.07) is -0.409. The maximum Gasteiger partial charge on any atom is 0.328 e. The molecule has 1 N–H and O–H groups in total. The van der Waals surface area contributed by atoms with Crippen molar-refractivity contribution in [1.82, 2.24) is 5.32 Å². The van der Waals surface area contributed by atoms with E-state index in [1.165, 1.54) is 19.3 Å². The first-order valence-electron chi connectivity index (χ1n) is 7.31. The number of ether oxygens (including phenoxy) is 1. The van der Waals surface area contributed by atoms with Gasteiger partial charge in [0.05, 0.1) is 6.61 Å². The number of amides is 1. The van der Waals surface area contributed by atoms with Gasteiger partial charge in [0.15, 0.2) is 0 Å². The molecule has 0 radical (unpaired) electrons. The van der Waals surface area contributed by atoms with Crippen LogP contribution in [0.3, 0.4) is 0 Å². The Morgan fingerprint density at radius 3 is 2.74 bits per heavy atom. The van der Waals surface area contributed by atoms with E-state index < -0.39 is 6.04 Å². The van der Waals surface area contributed by atoms with Crippen molar-refractivity contribution >= 4 is 11.9 Å². The van der Waals surface area contributed by atoms with Crippen LogP contribution in [0, 0.1) is 0 Å². The predicted octanol–water partition coefficient (Wildman–Crippen LogP) is 2.72. The second-order valence-corrected chi connectivity index (χ2v) is 4.95. The number of hydrogen-bond acceptors (Lipinski definition) is 3. The minimum atomic E-state index is -0.409. The molecule has 19 heavy (non-hydrogen) atoms. The van der Waals surface area contributed by atoms with E-state index in [2.05, 4.69) is 17.5 Å². The number of allylic oxidation sites excluding steroid dienone is 2. The van der Waals surface area contributed by atoms with Gasteiger partial charge in [-0.3, -0.25) is 4.79 Å². The van der Waals surface area contributed by atoms with Crippen LogP contribution < -0.4 is 5.32 Å². The molecule has 1 saturated heterocycles. The zero-order valence-electron chi connectivity index (χ0n) is 11.8. The summed E-state index contributed by atoms with van der Waals surface area (Å²) >= 11 is 0. The molecular weight excluding hydrogens is 242 g/mol. The van der Waals surface area contributed by atoms with Crippen molar-refractivity contribution in [2.75, 3.05) is 6.61 Å². The summed E-state index contributed by atoms with van der Waals surface area (Å²) in [6.07, 6.45) is 12.1. The summed E-state index contributed by atoms with van der Waals surface area (Å²) in [5, 5.41) is 2.61. The van der Waals surface area contributed by atoms with Gasteiger partial charge in [0.1, 0.15) is 6.04 Å². The van der Waals surface area contributed by atoms with Gasteiger partial charge in [0.2, 0.25) is 5.91 Å². The molecule has 1 heterocycles. The number of esters is 1. The zero-order valence-corrected chi connectivity index (χ0v) is 11.8. The summed E-state index contributed by atoms with van der Waals surface area (Å²) in [4.78, 5) is 22.5. The van der Waals surface area contributed by atoms with Crippen LogP contribution in [0.5, 0.6) is 0 Å². The van der Waals surface area contributed by atoms with Crippen LogP contribution in [0.1, 0.15) is 58.3 Å². The third-order valence-corrected chi connectivity index (χ3v) is 3.27. The van der Waals surface area contributed by atoms with Crippen LogP contribution in [0.15, 0.2) is 12.2 Å². The number of rotatable bonds is 9. The van der Waals surface area contributed by atoms with Crippen molar-refractivity contribution in [3.8, 4) is 0 Å². The highest BCUT2D eigenvalue weighted by atomic mass is 16.5. The Bertz CT molecular complexity index is 313. The normalized spacial score (nSPS) is 18.8. The van der Waals surface area contributed by atoms with Crippen molar-refractivity contribution in [1.29, 1.82) is 0 Å². The maximum absolute atomic E-state index is 11.6. The Labute approximate surface area is 115 Å². The first kappa shape index (κ1) is 15.7. The highest BCUT2D eigenvalue weighted by Gasteiger charge is 2.28. The van der Waals surface area contributed by atoms with E-state index in [9.17, 15) is 9.59 Å². The molecule has 4 nitrogen and oxygen atoms in total. The Hall–Kier alpha value is -1.32. The van der Waals surface area contributed by atoms with Gasteiger partial charge in [-0.05, 0) is 32.6 Å². The lowest BCUT2D eigenvalue weighted by Crippen LogP contribution is -2.34. The number of unbranched alkanes of at least 4 members (excludes halogenated alkanes) is 5. The molecule has 0 saturated carbocycles. The Balaban J connectivity index is 1.90. The monoisotopic (exact) mass is 267 g/mol.